The van der Waals surface area contributed by atoms with Gasteiger partial charge in [0.15, 0.2) is 15.8 Å². The Morgan fingerprint density at radius 3 is 2.57 bits per heavy atom. The molecule has 0 saturated heterocycles. The van der Waals surface area contributed by atoms with Gasteiger partial charge >= 0.3 is 0 Å². The van der Waals surface area contributed by atoms with Crippen LogP contribution in [0.1, 0.15) is 41.2 Å². The number of benzene rings is 2. The molecule has 3 rings (SSSR count). The fraction of sp³-hybridized carbons (Fsp3) is 0.409. The second-order valence-electron chi connectivity index (χ2n) is 7.49. The molecule has 0 heterocycles. The third kappa shape index (κ3) is 7.23. The Kier molecular flexibility index (Phi) is 9.09. The van der Waals surface area contributed by atoms with Crippen molar-refractivity contribution in [3.05, 3.63) is 70.0 Å². The van der Waals surface area contributed by atoms with Crippen molar-refractivity contribution in [2.24, 2.45) is 4.99 Å². The number of hydrogen-bond donors (Lipinski definition) is 2. The number of nitrogens with one attached hydrogen (secondary N) is 2. The first-order valence-corrected chi connectivity index (χ1v) is 12.0. The van der Waals surface area contributed by atoms with Crippen molar-refractivity contribution in [2.45, 2.75) is 45.0 Å². The molecular weight excluding hydrogens is 516 g/mol. The zero-order chi connectivity index (χ0) is 20.9. The van der Waals surface area contributed by atoms with Gasteiger partial charge < -0.3 is 10.6 Å². The maximum atomic E-state index is 13.7. The van der Waals surface area contributed by atoms with E-state index in [1.165, 1.54) is 42.0 Å². The summed E-state index contributed by atoms with van der Waals surface area (Å²) in [5, 5.41) is 6.37. The Balaban J connectivity index is 0.00000320. The number of guanidine groups is 1. The van der Waals surface area contributed by atoms with Gasteiger partial charge in [0.05, 0.1) is 12.3 Å². The second-order valence-corrected chi connectivity index (χ2v) is 9.63. The van der Waals surface area contributed by atoms with Gasteiger partial charge in [-0.2, -0.15) is 0 Å². The molecule has 2 aromatic carbocycles. The van der Waals surface area contributed by atoms with Crippen LogP contribution in [0.15, 0.2) is 41.4 Å². The van der Waals surface area contributed by atoms with E-state index in [0.717, 1.165) is 18.4 Å². The lowest BCUT2D eigenvalue weighted by Crippen LogP contribution is -2.37. The van der Waals surface area contributed by atoms with E-state index in [1.54, 1.807) is 0 Å². The van der Waals surface area contributed by atoms with Crippen LogP contribution in [-0.2, 0) is 41.5 Å². The number of aryl methyl sites for hydroxylation is 2. The number of hydrogen-bond acceptors (Lipinski definition) is 3. The second kappa shape index (κ2) is 11.1. The number of rotatable bonds is 7. The van der Waals surface area contributed by atoms with Gasteiger partial charge in [0.2, 0.25) is 0 Å². The highest BCUT2D eigenvalue weighted by molar-refractivity contribution is 14.0. The number of aliphatic imine (C=N–C) groups is 1. The molecule has 0 atom stereocenters. The first-order valence-electron chi connectivity index (χ1n) is 9.92. The topological polar surface area (TPSA) is 70.6 Å². The normalized spacial score (nSPS) is 13.5. The zero-order valence-corrected chi connectivity index (χ0v) is 20.5. The molecule has 0 aliphatic heterocycles. The molecule has 2 aromatic rings. The summed E-state index contributed by atoms with van der Waals surface area (Å²) < 4.78 is 37.0. The van der Waals surface area contributed by atoms with Crippen molar-refractivity contribution in [3.63, 3.8) is 0 Å². The molecule has 30 heavy (non-hydrogen) atoms. The molecule has 0 fully saturated rings. The SMILES string of the molecule is CCNC(=NCc1ccc2c(c1)CCC2)NCc1cc(F)ccc1CS(C)(=O)=O.I. The molecule has 164 valence electrons. The van der Waals surface area contributed by atoms with Crippen LogP contribution in [-0.4, -0.2) is 27.2 Å². The van der Waals surface area contributed by atoms with E-state index >= 15 is 0 Å². The van der Waals surface area contributed by atoms with E-state index in [9.17, 15) is 12.8 Å². The lowest BCUT2D eigenvalue weighted by atomic mass is 10.1. The van der Waals surface area contributed by atoms with Crippen molar-refractivity contribution >= 4 is 39.8 Å². The van der Waals surface area contributed by atoms with Crippen molar-refractivity contribution in [3.8, 4) is 0 Å². The molecule has 0 saturated carbocycles. The van der Waals surface area contributed by atoms with Crippen LogP contribution in [0.25, 0.3) is 0 Å². The average Bonchev–Trinajstić information content (AvgIpc) is 3.12. The molecule has 0 radical (unpaired) electrons. The predicted octanol–water partition coefficient (Wildman–Crippen LogP) is 3.73. The van der Waals surface area contributed by atoms with Gasteiger partial charge in [0.1, 0.15) is 5.82 Å². The van der Waals surface area contributed by atoms with Gasteiger partial charge in [-0.1, -0.05) is 24.3 Å². The van der Waals surface area contributed by atoms with Crippen LogP contribution in [0, 0.1) is 5.82 Å². The number of nitrogens with zero attached hydrogens (tertiary/aromatic N) is 1. The monoisotopic (exact) mass is 545 g/mol. The molecular formula is C22H29FIN3O2S. The molecule has 0 bridgehead atoms. The first kappa shape index (κ1) is 24.6. The standard InChI is InChI=1S/C22H28FN3O2S.HI/c1-3-24-22(25-13-16-7-8-17-5-4-6-18(17)11-16)26-14-20-12-21(23)10-9-19(20)15-29(2,27)28;/h7-12H,3-6,13-15H2,1-2H3,(H2,24,25,26);1H. The maximum absolute atomic E-state index is 13.7. The quantitative estimate of drug-likeness (QED) is 0.316. The molecule has 0 spiro atoms. The number of halogens is 2. The molecule has 0 unspecified atom stereocenters. The van der Waals surface area contributed by atoms with E-state index in [2.05, 4.69) is 33.8 Å². The van der Waals surface area contributed by atoms with Crippen molar-refractivity contribution < 1.29 is 12.8 Å². The third-order valence-corrected chi connectivity index (χ3v) is 5.79. The van der Waals surface area contributed by atoms with Gasteiger partial charge in [-0.3, -0.25) is 0 Å². The van der Waals surface area contributed by atoms with E-state index in [1.807, 2.05) is 6.92 Å². The highest BCUT2D eigenvalue weighted by Crippen LogP contribution is 2.23. The predicted molar refractivity (Wildman–Crippen MR) is 130 cm³/mol. The van der Waals surface area contributed by atoms with Crippen molar-refractivity contribution in [1.29, 1.82) is 0 Å². The summed E-state index contributed by atoms with van der Waals surface area (Å²) in [6.45, 7) is 3.50. The van der Waals surface area contributed by atoms with Crippen LogP contribution >= 0.6 is 24.0 Å². The van der Waals surface area contributed by atoms with E-state index in [0.29, 0.717) is 36.7 Å². The smallest absolute Gasteiger partial charge is 0.191 e. The average molecular weight is 545 g/mol. The van der Waals surface area contributed by atoms with Crippen LogP contribution in [0.5, 0.6) is 0 Å². The Labute approximate surface area is 195 Å². The van der Waals surface area contributed by atoms with Gasteiger partial charge in [-0.05, 0) is 66.1 Å². The molecule has 1 aliphatic rings. The minimum atomic E-state index is -3.21. The van der Waals surface area contributed by atoms with E-state index in [-0.39, 0.29) is 35.5 Å². The minimum absolute atomic E-state index is 0. The fourth-order valence-electron chi connectivity index (χ4n) is 3.60. The molecule has 5 nitrogen and oxygen atoms in total. The lowest BCUT2D eigenvalue weighted by molar-refractivity contribution is 0.599. The van der Waals surface area contributed by atoms with E-state index in [4.69, 9.17) is 0 Å². The van der Waals surface area contributed by atoms with Gasteiger partial charge in [-0.25, -0.2) is 17.8 Å². The summed E-state index contributed by atoms with van der Waals surface area (Å²) in [5.74, 6) is 0.106. The molecule has 1 aliphatic carbocycles. The summed E-state index contributed by atoms with van der Waals surface area (Å²) >= 11 is 0. The maximum Gasteiger partial charge on any atom is 0.191 e. The molecule has 0 amide bonds. The highest BCUT2D eigenvalue weighted by Gasteiger charge is 2.12. The van der Waals surface area contributed by atoms with Crippen LogP contribution in [0.2, 0.25) is 0 Å². The first-order chi connectivity index (χ1) is 13.8. The Hall–Kier alpha value is -1.68. The van der Waals surface area contributed by atoms with Gasteiger partial charge in [-0.15, -0.1) is 24.0 Å². The van der Waals surface area contributed by atoms with E-state index < -0.39 is 9.84 Å². The minimum Gasteiger partial charge on any atom is -0.357 e. The van der Waals surface area contributed by atoms with Crippen LogP contribution in [0.4, 0.5) is 4.39 Å². The van der Waals surface area contributed by atoms with Crippen molar-refractivity contribution in [1.82, 2.24) is 10.6 Å². The Morgan fingerprint density at radius 2 is 1.83 bits per heavy atom. The molecule has 2 N–H and O–H groups in total. The Bertz CT molecular complexity index is 1010. The van der Waals surface area contributed by atoms with Gasteiger partial charge in [0.25, 0.3) is 0 Å². The highest BCUT2D eigenvalue weighted by atomic mass is 127. The van der Waals surface area contributed by atoms with Crippen molar-refractivity contribution in [2.75, 3.05) is 12.8 Å². The van der Waals surface area contributed by atoms with Crippen LogP contribution in [0.3, 0.4) is 0 Å². The lowest BCUT2D eigenvalue weighted by Gasteiger charge is -2.14. The molecule has 8 heteroatoms. The van der Waals surface area contributed by atoms with Crippen LogP contribution < -0.4 is 10.6 Å². The number of fused-ring (bicyclic) bond motifs is 1. The fourth-order valence-corrected chi connectivity index (χ4v) is 4.44. The zero-order valence-electron chi connectivity index (χ0n) is 17.4. The van der Waals surface area contributed by atoms with Gasteiger partial charge in [0, 0.05) is 19.3 Å². The molecule has 0 aromatic heterocycles. The largest absolute Gasteiger partial charge is 0.357 e. The summed E-state index contributed by atoms with van der Waals surface area (Å²) in [7, 11) is -3.21. The summed E-state index contributed by atoms with van der Waals surface area (Å²) in [6, 6.07) is 10.7. The summed E-state index contributed by atoms with van der Waals surface area (Å²) in [4.78, 5) is 4.63. The Morgan fingerprint density at radius 1 is 1.07 bits per heavy atom. The number of sulfone groups is 1. The summed E-state index contributed by atoms with van der Waals surface area (Å²) in [6.07, 6.45) is 4.69. The third-order valence-electron chi connectivity index (χ3n) is 4.96. The summed E-state index contributed by atoms with van der Waals surface area (Å²) in [5.41, 5.74) is 5.22.